The number of benzene rings is 7. The third kappa shape index (κ3) is 4.49. The number of rotatable bonds is 5. The second kappa shape index (κ2) is 12.2. The lowest BCUT2D eigenvalue weighted by atomic mass is 9.49. The van der Waals surface area contributed by atoms with Crippen LogP contribution in [0.4, 0.5) is 11.4 Å². The summed E-state index contributed by atoms with van der Waals surface area (Å²) in [5.74, 6) is 0.0697. The summed E-state index contributed by atoms with van der Waals surface area (Å²) in [7, 11) is -0.558. The standard InChI is InChI=1S/C49H40N2O4S/c1-48(2)41-30-55-46(45-34-20-10-8-18-32(34)28-33-19-9-11-21-35(33)45)38(41)29-40(31-16-6-5-7-17-31)49(48)39-24-12-13-25-43(39)51(47(49)52)56(53,54)44-27-15-22-36-37(44)23-14-26-42(36)50(3)4/h5-29,41H,30H2,1-4H3/t41-,49-/m0/s1. The van der Waals surface area contributed by atoms with Gasteiger partial charge in [0, 0.05) is 47.6 Å². The predicted molar refractivity (Wildman–Crippen MR) is 227 cm³/mol. The summed E-state index contributed by atoms with van der Waals surface area (Å²) in [4.78, 5) is 18.1. The van der Waals surface area contributed by atoms with Crippen LogP contribution in [0.2, 0.25) is 0 Å². The van der Waals surface area contributed by atoms with Crippen molar-refractivity contribution in [2.75, 3.05) is 29.9 Å². The number of nitrogens with zero attached hydrogens (tertiary/aromatic N) is 2. The Balaban J connectivity index is 1.26. The molecular formula is C49H40N2O4S. The van der Waals surface area contributed by atoms with E-state index in [1.807, 2.05) is 91.8 Å². The molecule has 0 N–H and O–H groups in total. The largest absolute Gasteiger partial charge is 0.492 e. The van der Waals surface area contributed by atoms with Crippen LogP contribution >= 0.6 is 0 Å². The summed E-state index contributed by atoms with van der Waals surface area (Å²) in [6, 6.07) is 47.4. The zero-order chi connectivity index (χ0) is 38.6. The van der Waals surface area contributed by atoms with Gasteiger partial charge in [-0.2, -0.15) is 0 Å². The van der Waals surface area contributed by atoms with E-state index in [9.17, 15) is 0 Å². The molecule has 0 bridgehead atoms. The summed E-state index contributed by atoms with van der Waals surface area (Å²) < 4.78 is 38.6. The molecular weight excluding hydrogens is 713 g/mol. The fourth-order valence-electron chi connectivity index (χ4n) is 9.97. The van der Waals surface area contributed by atoms with Gasteiger partial charge in [0.05, 0.1) is 17.2 Å². The molecule has 2 aliphatic heterocycles. The molecule has 7 aromatic carbocycles. The number of fused-ring (bicyclic) bond motifs is 6. The van der Waals surface area contributed by atoms with Crippen molar-refractivity contribution in [3.05, 3.63) is 174 Å². The van der Waals surface area contributed by atoms with Gasteiger partial charge < -0.3 is 9.64 Å². The highest BCUT2D eigenvalue weighted by Gasteiger charge is 2.68. The third-order valence-corrected chi connectivity index (χ3v) is 14.3. The van der Waals surface area contributed by atoms with Crippen molar-refractivity contribution < 1.29 is 17.9 Å². The molecule has 1 amide bonds. The van der Waals surface area contributed by atoms with Crippen LogP contribution < -0.4 is 9.21 Å². The Labute approximate surface area is 327 Å². The lowest BCUT2D eigenvalue weighted by molar-refractivity contribution is -0.124. The fraction of sp³-hybridized carbons (Fsp3) is 0.163. The highest BCUT2D eigenvalue weighted by Crippen LogP contribution is 2.67. The molecule has 0 radical (unpaired) electrons. The topological polar surface area (TPSA) is 66.9 Å². The Morgan fingerprint density at radius 3 is 2.02 bits per heavy atom. The van der Waals surface area contributed by atoms with Gasteiger partial charge in [-0.15, -0.1) is 0 Å². The Kier molecular flexibility index (Phi) is 7.45. The number of sulfonamides is 1. The van der Waals surface area contributed by atoms with Crippen LogP contribution in [0.15, 0.2) is 162 Å². The lowest BCUT2D eigenvalue weighted by Crippen LogP contribution is -2.57. The van der Waals surface area contributed by atoms with Crippen molar-refractivity contribution in [1.29, 1.82) is 0 Å². The van der Waals surface area contributed by atoms with E-state index in [1.54, 1.807) is 18.2 Å². The molecule has 6 nitrogen and oxygen atoms in total. The minimum atomic E-state index is -4.43. The molecule has 2 atom stereocenters. The Morgan fingerprint density at radius 2 is 1.30 bits per heavy atom. The zero-order valence-electron chi connectivity index (χ0n) is 31.7. The minimum absolute atomic E-state index is 0.0904. The van der Waals surface area contributed by atoms with E-state index in [0.29, 0.717) is 23.2 Å². The van der Waals surface area contributed by atoms with Crippen molar-refractivity contribution >= 4 is 71.0 Å². The number of carbonyl (C=O) groups excluding carboxylic acids is 1. The Bertz CT molecular complexity index is 2930. The van der Waals surface area contributed by atoms with Crippen LogP contribution in [-0.2, 0) is 25.0 Å². The maximum Gasteiger partial charge on any atom is 0.271 e. The normalized spacial score (nSPS) is 20.1. The van der Waals surface area contributed by atoms with E-state index in [-0.39, 0.29) is 10.8 Å². The number of allylic oxidation sites excluding steroid dienone is 1. The van der Waals surface area contributed by atoms with Crippen LogP contribution in [0.3, 0.4) is 0 Å². The maximum absolute atomic E-state index is 16.0. The van der Waals surface area contributed by atoms with E-state index < -0.39 is 26.8 Å². The SMILES string of the molecule is CN(C)c1cccc2c(S(=O)(=O)N3C(=O)[C@@]4(C(c5ccccc5)=CC5=C(c6c7ccccc7cc7ccccc67)OC[C@@H]5C4(C)C)c4ccccc43)cccc12. The number of anilines is 2. The van der Waals surface area contributed by atoms with Gasteiger partial charge in [0.15, 0.2) is 0 Å². The van der Waals surface area contributed by atoms with Gasteiger partial charge in [0.2, 0.25) is 0 Å². The average molecular weight is 753 g/mol. The first kappa shape index (κ1) is 34.3. The van der Waals surface area contributed by atoms with Gasteiger partial charge >= 0.3 is 0 Å². The molecule has 276 valence electrons. The second-order valence-corrected chi connectivity index (χ2v) is 17.6. The Hall–Kier alpha value is -6.18. The number of amides is 1. The van der Waals surface area contributed by atoms with Crippen LogP contribution in [0.25, 0.3) is 43.6 Å². The van der Waals surface area contributed by atoms with Crippen molar-refractivity contribution in [2.45, 2.75) is 24.2 Å². The first-order valence-electron chi connectivity index (χ1n) is 19.0. The number of hydrogen-bond acceptors (Lipinski definition) is 5. The van der Waals surface area contributed by atoms with E-state index in [0.717, 1.165) is 65.0 Å². The first-order chi connectivity index (χ1) is 27.1. The van der Waals surface area contributed by atoms with Crippen molar-refractivity contribution in [1.82, 2.24) is 0 Å². The molecule has 3 aliphatic rings. The van der Waals surface area contributed by atoms with Gasteiger partial charge in [-0.05, 0) is 74.0 Å². The number of ether oxygens (including phenoxy) is 1. The Morgan fingerprint density at radius 1 is 0.696 bits per heavy atom. The molecule has 0 saturated carbocycles. The van der Waals surface area contributed by atoms with Gasteiger partial charge in [-0.25, -0.2) is 12.7 Å². The molecule has 1 aliphatic carbocycles. The molecule has 0 unspecified atom stereocenters. The summed E-state index contributed by atoms with van der Waals surface area (Å²) in [6.07, 6.45) is 2.15. The van der Waals surface area contributed by atoms with Gasteiger partial charge in [0.1, 0.15) is 11.2 Å². The van der Waals surface area contributed by atoms with Crippen molar-refractivity contribution in [3.63, 3.8) is 0 Å². The molecule has 0 fully saturated rings. The number of carbonyl (C=O) groups is 1. The average Bonchev–Trinajstić information content (AvgIpc) is 3.76. The molecule has 0 saturated heterocycles. The number of hydrogen-bond donors (Lipinski definition) is 0. The van der Waals surface area contributed by atoms with Crippen molar-refractivity contribution in [2.24, 2.45) is 11.3 Å². The van der Waals surface area contributed by atoms with Gasteiger partial charge in [0.25, 0.3) is 15.9 Å². The first-order valence-corrected chi connectivity index (χ1v) is 20.4. The molecule has 7 heteroatoms. The lowest BCUT2D eigenvalue weighted by Gasteiger charge is -2.51. The van der Waals surface area contributed by atoms with E-state index in [4.69, 9.17) is 4.74 Å². The quantitative estimate of drug-likeness (QED) is 0.164. The smallest absolute Gasteiger partial charge is 0.271 e. The molecule has 2 heterocycles. The predicted octanol–water partition coefficient (Wildman–Crippen LogP) is 10.4. The highest BCUT2D eigenvalue weighted by molar-refractivity contribution is 7.93. The summed E-state index contributed by atoms with van der Waals surface area (Å²) in [6.45, 7) is 4.58. The van der Waals surface area contributed by atoms with Crippen LogP contribution in [-0.4, -0.2) is 35.0 Å². The monoisotopic (exact) mass is 752 g/mol. The minimum Gasteiger partial charge on any atom is -0.492 e. The summed E-state index contributed by atoms with van der Waals surface area (Å²) >= 11 is 0. The number of para-hydroxylation sites is 1. The molecule has 10 rings (SSSR count). The van der Waals surface area contributed by atoms with Gasteiger partial charge in [-0.3, -0.25) is 4.79 Å². The zero-order valence-corrected chi connectivity index (χ0v) is 32.5. The molecule has 1 spiro atoms. The van der Waals surface area contributed by atoms with E-state index in [2.05, 4.69) is 74.5 Å². The summed E-state index contributed by atoms with van der Waals surface area (Å²) in [5, 5.41) is 5.78. The molecule has 0 aromatic heterocycles. The molecule has 7 aromatic rings. The molecule has 56 heavy (non-hydrogen) atoms. The van der Waals surface area contributed by atoms with Crippen LogP contribution in [0.5, 0.6) is 0 Å². The summed E-state index contributed by atoms with van der Waals surface area (Å²) in [5.41, 5.74) is 3.34. The maximum atomic E-state index is 16.0. The van der Waals surface area contributed by atoms with Crippen LogP contribution in [0.1, 0.15) is 30.5 Å². The van der Waals surface area contributed by atoms with E-state index in [1.165, 1.54) is 0 Å². The third-order valence-electron chi connectivity index (χ3n) is 12.5. The fourth-order valence-corrected chi connectivity index (χ4v) is 11.6. The second-order valence-electron chi connectivity index (χ2n) is 15.9. The van der Waals surface area contributed by atoms with Crippen molar-refractivity contribution in [3.8, 4) is 0 Å². The highest BCUT2D eigenvalue weighted by atomic mass is 32.2. The van der Waals surface area contributed by atoms with Gasteiger partial charge in [-0.1, -0.05) is 135 Å². The van der Waals surface area contributed by atoms with E-state index >= 15 is 13.2 Å². The van der Waals surface area contributed by atoms with Crippen LogP contribution in [0, 0.1) is 11.3 Å².